The number of hydrogen-bond acceptors (Lipinski definition) is 2. The molecule has 0 bridgehead atoms. The minimum Gasteiger partial charge on any atom is -0.258 e. The third-order valence-corrected chi connectivity index (χ3v) is 1.72. The molecule has 3 nitrogen and oxygen atoms in total. The van der Waals surface area contributed by atoms with Gasteiger partial charge < -0.3 is 0 Å². The average molecular weight is 229 g/mol. The molecule has 1 rings (SSSR count). The SMILES string of the molecule is O=[N+]([O-])c1cccc([CH]CBr)c1. The van der Waals surface area contributed by atoms with E-state index in [1.165, 1.54) is 6.07 Å². The molecule has 0 aliphatic rings. The van der Waals surface area contributed by atoms with Gasteiger partial charge in [0.15, 0.2) is 0 Å². The van der Waals surface area contributed by atoms with Crippen molar-refractivity contribution in [2.75, 3.05) is 5.33 Å². The van der Waals surface area contributed by atoms with Gasteiger partial charge in [0, 0.05) is 23.9 Å². The van der Waals surface area contributed by atoms with E-state index in [0.29, 0.717) is 5.33 Å². The summed E-state index contributed by atoms with van der Waals surface area (Å²) in [4.78, 5) is 9.94. The minimum absolute atomic E-state index is 0.129. The molecule has 0 saturated heterocycles. The highest BCUT2D eigenvalue weighted by molar-refractivity contribution is 9.09. The van der Waals surface area contributed by atoms with Crippen molar-refractivity contribution in [1.82, 2.24) is 0 Å². The molecule has 1 aromatic rings. The van der Waals surface area contributed by atoms with Gasteiger partial charge in [-0.1, -0.05) is 28.1 Å². The molecule has 1 radical (unpaired) electrons. The van der Waals surface area contributed by atoms with Crippen molar-refractivity contribution in [1.29, 1.82) is 0 Å². The fourth-order valence-corrected chi connectivity index (χ4v) is 1.23. The van der Waals surface area contributed by atoms with E-state index >= 15 is 0 Å². The number of nitro groups is 1. The minimum atomic E-state index is -0.397. The summed E-state index contributed by atoms with van der Waals surface area (Å²) in [6.45, 7) is 0. The third kappa shape index (κ3) is 2.30. The summed E-state index contributed by atoms with van der Waals surface area (Å²) in [5.74, 6) is 0. The maximum absolute atomic E-state index is 10.3. The number of non-ortho nitro benzene ring substituents is 1. The Kier molecular flexibility index (Phi) is 3.22. The van der Waals surface area contributed by atoms with Crippen LogP contribution in [0.25, 0.3) is 0 Å². The van der Waals surface area contributed by atoms with Gasteiger partial charge in [0.2, 0.25) is 0 Å². The van der Waals surface area contributed by atoms with Crippen molar-refractivity contribution in [3.05, 3.63) is 46.4 Å². The maximum Gasteiger partial charge on any atom is 0.269 e. The van der Waals surface area contributed by atoms with Crippen LogP contribution in [0, 0.1) is 16.5 Å². The molecule has 63 valence electrons. The lowest BCUT2D eigenvalue weighted by molar-refractivity contribution is -0.384. The lowest BCUT2D eigenvalue weighted by Crippen LogP contribution is -1.89. The van der Waals surface area contributed by atoms with Crippen LogP contribution < -0.4 is 0 Å². The fourth-order valence-electron chi connectivity index (χ4n) is 0.854. The zero-order valence-electron chi connectivity index (χ0n) is 6.24. The van der Waals surface area contributed by atoms with Gasteiger partial charge in [0.05, 0.1) is 4.92 Å². The van der Waals surface area contributed by atoms with Crippen molar-refractivity contribution >= 4 is 21.6 Å². The van der Waals surface area contributed by atoms with Crippen LogP contribution in [0.5, 0.6) is 0 Å². The molecule has 0 amide bonds. The van der Waals surface area contributed by atoms with E-state index < -0.39 is 4.92 Å². The molecule has 12 heavy (non-hydrogen) atoms. The quantitative estimate of drug-likeness (QED) is 0.454. The molecule has 0 spiro atoms. The lowest BCUT2D eigenvalue weighted by atomic mass is 10.1. The summed E-state index contributed by atoms with van der Waals surface area (Å²) in [5.41, 5.74) is 0.991. The molecule has 0 saturated carbocycles. The van der Waals surface area contributed by atoms with E-state index in [1.54, 1.807) is 12.1 Å². The number of nitrogens with zero attached hydrogens (tertiary/aromatic N) is 1. The number of alkyl halides is 1. The van der Waals surface area contributed by atoms with Crippen molar-refractivity contribution in [3.63, 3.8) is 0 Å². The van der Waals surface area contributed by atoms with Crippen molar-refractivity contribution in [2.24, 2.45) is 0 Å². The smallest absolute Gasteiger partial charge is 0.258 e. The average Bonchev–Trinajstić information content (AvgIpc) is 2.05. The zero-order valence-corrected chi connectivity index (χ0v) is 7.82. The molecule has 0 unspecified atom stereocenters. The molecule has 0 aromatic heterocycles. The van der Waals surface area contributed by atoms with E-state index in [9.17, 15) is 10.1 Å². The molecule has 0 fully saturated rings. The van der Waals surface area contributed by atoms with Gasteiger partial charge in [0.25, 0.3) is 5.69 Å². The highest BCUT2D eigenvalue weighted by Gasteiger charge is 2.04. The summed E-state index contributed by atoms with van der Waals surface area (Å²) in [6, 6.07) is 6.52. The Labute approximate surface area is 78.7 Å². The Hall–Kier alpha value is -0.900. The lowest BCUT2D eigenvalue weighted by Gasteiger charge is -1.95. The summed E-state index contributed by atoms with van der Waals surface area (Å²) >= 11 is 3.22. The van der Waals surface area contributed by atoms with Crippen LogP contribution in [-0.4, -0.2) is 10.3 Å². The molecule has 0 aliphatic heterocycles. The Morgan fingerprint density at radius 1 is 1.58 bits per heavy atom. The number of hydrogen-bond donors (Lipinski definition) is 0. The first-order valence-electron chi connectivity index (χ1n) is 3.37. The monoisotopic (exact) mass is 228 g/mol. The van der Waals surface area contributed by atoms with E-state index in [-0.39, 0.29) is 5.69 Å². The summed E-state index contributed by atoms with van der Waals surface area (Å²) in [7, 11) is 0. The van der Waals surface area contributed by atoms with Crippen LogP contribution in [0.2, 0.25) is 0 Å². The Balaban J connectivity index is 2.88. The largest absolute Gasteiger partial charge is 0.269 e. The Bertz CT molecular complexity index is 288. The zero-order chi connectivity index (χ0) is 8.97. The normalized spacial score (nSPS) is 9.75. The third-order valence-electron chi connectivity index (χ3n) is 1.39. The predicted octanol–water partition coefficient (Wildman–Crippen LogP) is 2.54. The number of halogens is 1. The van der Waals surface area contributed by atoms with Gasteiger partial charge in [-0.15, -0.1) is 0 Å². The first-order chi connectivity index (χ1) is 5.74. The van der Waals surface area contributed by atoms with Crippen LogP contribution in [0.1, 0.15) is 5.56 Å². The molecule has 0 N–H and O–H groups in total. The second-order valence-corrected chi connectivity index (χ2v) is 2.86. The molecule has 4 heteroatoms. The van der Waals surface area contributed by atoms with E-state index in [1.807, 2.05) is 12.5 Å². The van der Waals surface area contributed by atoms with Crippen LogP contribution >= 0.6 is 15.9 Å². The van der Waals surface area contributed by atoms with Crippen molar-refractivity contribution in [2.45, 2.75) is 0 Å². The highest BCUT2D eigenvalue weighted by Crippen LogP contribution is 2.14. The van der Waals surface area contributed by atoms with Gasteiger partial charge in [-0.2, -0.15) is 0 Å². The molecule has 1 aromatic carbocycles. The summed E-state index contributed by atoms with van der Waals surface area (Å²) in [5, 5.41) is 11.0. The highest BCUT2D eigenvalue weighted by atomic mass is 79.9. The van der Waals surface area contributed by atoms with Crippen LogP contribution in [0.15, 0.2) is 24.3 Å². The summed E-state index contributed by atoms with van der Waals surface area (Å²) in [6.07, 6.45) is 1.87. The van der Waals surface area contributed by atoms with E-state index in [2.05, 4.69) is 15.9 Å². The van der Waals surface area contributed by atoms with Crippen LogP contribution in [0.4, 0.5) is 5.69 Å². The van der Waals surface area contributed by atoms with Crippen molar-refractivity contribution < 1.29 is 4.92 Å². The summed E-state index contributed by atoms with van der Waals surface area (Å²) < 4.78 is 0. The number of nitro benzene ring substituents is 1. The number of rotatable bonds is 3. The first kappa shape index (κ1) is 9.19. The fraction of sp³-hybridized carbons (Fsp3) is 0.125. The Morgan fingerprint density at radius 2 is 2.33 bits per heavy atom. The Morgan fingerprint density at radius 3 is 2.92 bits per heavy atom. The molecule has 0 aliphatic carbocycles. The van der Waals surface area contributed by atoms with Crippen LogP contribution in [0.3, 0.4) is 0 Å². The van der Waals surface area contributed by atoms with Crippen molar-refractivity contribution in [3.8, 4) is 0 Å². The van der Waals surface area contributed by atoms with E-state index in [4.69, 9.17) is 0 Å². The van der Waals surface area contributed by atoms with Gasteiger partial charge in [-0.25, -0.2) is 0 Å². The second kappa shape index (κ2) is 4.21. The predicted molar refractivity (Wildman–Crippen MR) is 50.3 cm³/mol. The van der Waals surface area contributed by atoms with Gasteiger partial charge in [0.1, 0.15) is 0 Å². The van der Waals surface area contributed by atoms with Gasteiger partial charge in [-0.05, 0) is 5.56 Å². The van der Waals surface area contributed by atoms with Gasteiger partial charge in [-0.3, -0.25) is 10.1 Å². The maximum atomic E-state index is 10.3. The second-order valence-electron chi connectivity index (χ2n) is 2.21. The molecule has 0 atom stereocenters. The molecular weight excluding hydrogens is 222 g/mol. The molecular formula is C8H7BrNO2. The topological polar surface area (TPSA) is 43.1 Å². The van der Waals surface area contributed by atoms with E-state index in [0.717, 1.165) is 5.56 Å². The van der Waals surface area contributed by atoms with Gasteiger partial charge >= 0.3 is 0 Å². The number of benzene rings is 1. The standard InChI is InChI=1S/C8H7BrNO2/c9-5-4-7-2-1-3-8(6-7)10(11)12/h1-4,6H,5H2. The van der Waals surface area contributed by atoms with Crippen LogP contribution in [-0.2, 0) is 0 Å². The molecule has 0 heterocycles. The first-order valence-corrected chi connectivity index (χ1v) is 4.50.